The minimum absolute atomic E-state index is 0.931. The molecule has 0 atom stereocenters. The van der Waals surface area contributed by atoms with Gasteiger partial charge in [-0.05, 0) is 36.8 Å². The van der Waals surface area contributed by atoms with Crippen LogP contribution in [0.15, 0.2) is 60.9 Å². The number of aryl methyl sites for hydroxylation is 1. The molecule has 0 radical (unpaired) electrons. The highest BCUT2D eigenvalue weighted by atomic mass is 15.1. The summed E-state index contributed by atoms with van der Waals surface area (Å²) in [7, 11) is 0. The van der Waals surface area contributed by atoms with Crippen LogP contribution < -0.4 is 0 Å². The maximum atomic E-state index is 4.90. The Hall–Kier alpha value is -3.01. The van der Waals surface area contributed by atoms with Crippen LogP contribution in [0.2, 0.25) is 0 Å². The first-order chi connectivity index (χ1) is 11.9. The molecule has 4 nitrogen and oxygen atoms in total. The molecule has 5 rings (SSSR count). The Morgan fingerprint density at radius 3 is 2.79 bits per heavy atom. The van der Waals surface area contributed by atoms with Gasteiger partial charge in [0.15, 0.2) is 0 Å². The van der Waals surface area contributed by atoms with Gasteiger partial charge in [0.05, 0.1) is 16.9 Å². The molecule has 0 bridgehead atoms. The Bertz CT molecular complexity index is 1030. The predicted molar refractivity (Wildman–Crippen MR) is 94.5 cm³/mol. The zero-order chi connectivity index (χ0) is 15.9. The van der Waals surface area contributed by atoms with Crippen LogP contribution in [0.1, 0.15) is 12.2 Å². The first kappa shape index (κ1) is 13.4. The van der Waals surface area contributed by atoms with E-state index >= 15 is 0 Å². The fourth-order valence-electron chi connectivity index (χ4n) is 3.52. The summed E-state index contributed by atoms with van der Waals surface area (Å²) in [6.07, 6.45) is 5.85. The average Bonchev–Trinajstić information content (AvgIpc) is 3.23. The first-order valence-electron chi connectivity index (χ1n) is 8.26. The molecular formula is C20H16N4. The standard InChI is InChI=1S/C20H16N4/c1-2-10-22-17(6-1)19-20(24-12-4-7-18(24)23-19)15-8-9-16-14(13-15)5-3-11-21-16/h1-3,5-6,8-11,13H,4,7,12H2. The molecule has 0 spiro atoms. The van der Waals surface area contributed by atoms with E-state index in [1.165, 1.54) is 11.3 Å². The Balaban J connectivity index is 1.77. The molecule has 0 saturated heterocycles. The largest absolute Gasteiger partial charge is 0.327 e. The van der Waals surface area contributed by atoms with E-state index in [9.17, 15) is 0 Å². The van der Waals surface area contributed by atoms with Gasteiger partial charge in [-0.1, -0.05) is 18.2 Å². The summed E-state index contributed by atoms with van der Waals surface area (Å²) in [5.41, 5.74) is 5.28. The summed E-state index contributed by atoms with van der Waals surface area (Å²) < 4.78 is 2.35. The van der Waals surface area contributed by atoms with Crippen molar-refractivity contribution in [3.63, 3.8) is 0 Å². The van der Waals surface area contributed by atoms with Gasteiger partial charge < -0.3 is 4.57 Å². The van der Waals surface area contributed by atoms with Gasteiger partial charge in [0.2, 0.25) is 0 Å². The van der Waals surface area contributed by atoms with Crippen LogP contribution in [0.5, 0.6) is 0 Å². The third kappa shape index (κ3) is 2.03. The van der Waals surface area contributed by atoms with Crippen LogP contribution in [-0.2, 0) is 13.0 Å². The SMILES string of the molecule is c1ccc(-c2nc3n(c2-c2ccc4ncccc4c2)CCC3)nc1. The Morgan fingerprint density at radius 1 is 0.917 bits per heavy atom. The summed E-state index contributed by atoms with van der Waals surface area (Å²) in [6, 6.07) is 16.5. The molecule has 4 aromatic rings. The van der Waals surface area contributed by atoms with Crippen LogP contribution in [0.4, 0.5) is 0 Å². The molecule has 3 aromatic heterocycles. The minimum Gasteiger partial charge on any atom is -0.327 e. The van der Waals surface area contributed by atoms with Crippen molar-refractivity contribution in [2.75, 3.05) is 0 Å². The molecule has 0 amide bonds. The van der Waals surface area contributed by atoms with Crippen LogP contribution in [0, 0.1) is 0 Å². The zero-order valence-electron chi connectivity index (χ0n) is 13.2. The second-order valence-electron chi connectivity index (χ2n) is 6.11. The third-order valence-electron chi connectivity index (χ3n) is 4.61. The lowest BCUT2D eigenvalue weighted by atomic mass is 10.0. The van der Waals surface area contributed by atoms with E-state index in [4.69, 9.17) is 4.98 Å². The van der Waals surface area contributed by atoms with Gasteiger partial charge in [-0.15, -0.1) is 0 Å². The van der Waals surface area contributed by atoms with Crippen LogP contribution in [0.25, 0.3) is 33.5 Å². The number of pyridine rings is 2. The Kier molecular flexibility index (Phi) is 2.95. The van der Waals surface area contributed by atoms with Gasteiger partial charge in [-0.2, -0.15) is 0 Å². The van der Waals surface area contributed by atoms with Crippen molar-refractivity contribution in [1.29, 1.82) is 0 Å². The molecule has 4 heteroatoms. The fraction of sp³-hybridized carbons (Fsp3) is 0.150. The zero-order valence-corrected chi connectivity index (χ0v) is 13.2. The van der Waals surface area contributed by atoms with E-state index in [2.05, 4.69) is 38.8 Å². The van der Waals surface area contributed by atoms with Gasteiger partial charge >= 0.3 is 0 Å². The number of hydrogen-bond acceptors (Lipinski definition) is 3. The highest BCUT2D eigenvalue weighted by Gasteiger charge is 2.23. The Morgan fingerprint density at radius 2 is 1.88 bits per heavy atom. The van der Waals surface area contributed by atoms with E-state index in [1.807, 2.05) is 36.7 Å². The highest BCUT2D eigenvalue weighted by molar-refractivity contribution is 5.87. The first-order valence-corrected chi connectivity index (χ1v) is 8.26. The topological polar surface area (TPSA) is 43.6 Å². The number of aromatic nitrogens is 4. The second-order valence-corrected chi connectivity index (χ2v) is 6.11. The molecular weight excluding hydrogens is 296 g/mol. The molecule has 1 aliphatic heterocycles. The number of rotatable bonds is 2. The van der Waals surface area contributed by atoms with E-state index < -0.39 is 0 Å². The number of benzene rings is 1. The summed E-state index contributed by atoms with van der Waals surface area (Å²) in [5.74, 6) is 1.16. The third-order valence-corrected chi connectivity index (χ3v) is 4.61. The van der Waals surface area contributed by atoms with E-state index in [1.54, 1.807) is 0 Å². The Labute approximate surface area is 139 Å². The lowest BCUT2D eigenvalue weighted by molar-refractivity contribution is 0.756. The summed E-state index contributed by atoms with van der Waals surface area (Å²) >= 11 is 0. The lowest BCUT2D eigenvalue weighted by Gasteiger charge is -2.09. The van der Waals surface area contributed by atoms with Crippen molar-refractivity contribution in [2.45, 2.75) is 19.4 Å². The quantitative estimate of drug-likeness (QED) is 0.559. The van der Waals surface area contributed by atoms with Gasteiger partial charge in [-0.3, -0.25) is 9.97 Å². The normalized spacial score (nSPS) is 13.3. The van der Waals surface area contributed by atoms with E-state index in [-0.39, 0.29) is 0 Å². The van der Waals surface area contributed by atoms with Crippen molar-refractivity contribution in [3.05, 3.63) is 66.7 Å². The monoisotopic (exact) mass is 312 g/mol. The molecule has 0 aliphatic carbocycles. The maximum Gasteiger partial charge on any atom is 0.115 e. The average molecular weight is 312 g/mol. The van der Waals surface area contributed by atoms with Crippen molar-refractivity contribution in [3.8, 4) is 22.6 Å². The van der Waals surface area contributed by atoms with Crippen LogP contribution >= 0.6 is 0 Å². The van der Waals surface area contributed by atoms with Crippen molar-refractivity contribution in [2.24, 2.45) is 0 Å². The molecule has 4 heterocycles. The molecule has 24 heavy (non-hydrogen) atoms. The number of hydrogen-bond donors (Lipinski definition) is 0. The molecule has 0 N–H and O–H groups in total. The summed E-state index contributed by atoms with van der Waals surface area (Å²) in [5, 5.41) is 1.15. The van der Waals surface area contributed by atoms with Crippen molar-refractivity contribution < 1.29 is 0 Å². The smallest absolute Gasteiger partial charge is 0.115 e. The fourth-order valence-corrected chi connectivity index (χ4v) is 3.52. The molecule has 0 unspecified atom stereocenters. The van der Waals surface area contributed by atoms with Gasteiger partial charge in [0.25, 0.3) is 0 Å². The number of nitrogens with zero attached hydrogens (tertiary/aromatic N) is 4. The summed E-state index contributed by atoms with van der Waals surface area (Å²) in [4.78, 5) is 13.8. The van der Waals surface area contributed by atoms with Crippen molar-refractivity contribution >= 4 is 10.9 Å². The van der Waals surface area contributed by atoms with Gasteiger partial charge in [0.1, 0.15) is 11.5 Å². The molecule has 1 aliphatic rings. The highest BCUT2D eigenvalue weighted by Crippen LogP contribution is 2.35. The number of imidazole rings is 1. The molecule has 0 fully saturated rings. The molecule has 116 valence electrons. The molecule has 0 saturated carbocycles. The van der Waals surface area contributed by atoms with Gasteiger partial charge in [-0.25, -0.2) is 4.98 Å². The maximum absolute atomic E-state index is 4.90. The van der Waals surface area contributed by atoms with Gasteiger partial charge in [0, 0.05) is 36.3 Å². The number of fused-ring (bicyclic) bond motifs is 2. The van der Waals surface area contributed by atoms with Crippen LogP contribution in [0.3, 0.4) is 0 Å². The minimum atomic E-state index is 0.931. The van der Waals surface area contributed by atoms with E-state index in [0.717, 1.165) is 47.5 Å². The van der Waals surface area contributed by atoms with Crippen molar-refractivity contribution in [1.82, 2.24) is 19.5 Å². The second kappa shape index (κ2) is 5.27. The van der Waals surface area contributed by atoms with E-state index in [0.29, 0.717) is 0 Å². The lowest BCUT2D eigenvalue weighted by Crippen LogP contribution is -1.97. The molecule has 1 aromatic carbocycles. The summed E-state index contributed by atoms with van der Waals surface area (Å²) in [6.45, 7) is 1.02. The van der Waals surface area contributed by atoms with Crippen LogP contribution in [-0.4, -0.2) is 19.5 Å². The predicted octanol–water partition coefficient (Wildman–Crippen LogP) is 4.11.